The molecule has 0 aliphatic carbocycles. The van der Waals surface area contributed by atoms with Gasteiger partial charge in [-0.2, -0.15) is 0 Å². The first-order valence-corrected chi connectivity index (χ1v) is 10.6. The molecule has 1 fully saturated rings. The van der Waals surface area contributed by atoms with Gasteiger partial charge in [0.2, 0.25) is 5.91 Å². The van der Waals surface area contributed by atoms with Gasteiger partial charge >= 0.3 is 6.03 Å². The molecule has 0 unspecified atom stereocenters. The average molecular weight is 447 g/mol. The van der Waals surface area contributed by atoms with Crippen LogP contribution in [0.5, 0.6) is 11.5 Å². The van der Waals surface area contributed by atoms with Gasteiger partial charge in [0.15, 0.2) is 11.5 Å². The van der Waals surface area contributed by atoms with Crippen LogP contribution in [0.4, 0.5) is 27.5 Å². The topological polar surface area (TPSA) is 91.9 Å². The van der Waals surface area contributed by atoms with E-state index in [1.807, 2.05) is 54.6 Å². The fourth-order valence-corrected chi connectivity index (χ4v) is 3.72. The maximum atomic E-state index is 12.5. The number of carbonyl (C=O) groups is 2. The van der Waals surface area contributed by atoms with Crippen LogP contribution >= 0.6 is 0 Å². The highest BCUT2D eigenvalue weighted by molar-refractivity contribution is 5.98. The number of nitrogens with one attached hydrogen (secondary N) is 3. The van der Waals surface area contributed by atoms with Gasteiger partial charge in [-0.25, -0.2) is 4.79 Å². The van der Waals surface area contributed by atoms with Crippen molar-refractivity contribution >= 4 is 34.7 Å². The van der Waals surface area contributed by atoms with Gasteiger partial charge in [0.1, 0.15) is 0 Å². The summed E-state index contributed by atoms with van der Waals surface area (Å²) < 4.78 is 10.6. The SMILES string of the molecule is COc1ccc(N2C[C@H](NC(=O)Nc3ccc(Nc4ccccc4)cc3)CC2=O)cc1OC. The number of carbonyl (C=O) groups excluding carboxylic acids is 2. The fraction of sp³-hybridized carbons (Fsp3) is 0.200. The molecule has 3 aromatic carbocycles. The summed E-state index contributed by atoms with van der Waals surface area (Å²) in [5, 5.41) is 8.99. The lowest BCUT2D eigenvalue weighted by Gasteiger charge is -2.19. The highest BCUT2D eigenvalue weighted by Crippen LogP contribution is 2.33. The quantitative estimate of drug-likeness (QED) is 0.501. The fourth-order valence-electron chi connectivity index (χ4n) is 3.72. The molecular formula is C25H26N4O4. The molecule has 0 saturated carbocycles. The Morgan fingerprint density at radius 2 is 1.55 bits per heavy atom. The predicted molar refractivity (Wildman–Crippen MR) is 129 cm³/mol. The van der Waals surface area contributed by atoms with Crippen LogP contribution in [0.25, 0.3) is 0 Å². The first-order valence-electron chi connectivity index (χ1n) is 10.6. The molecule has 8 nitrogen and oxygen atoms in total. The average Bonchev–Trinajstić information content (AvgIpc) is 3.20. The highest BCUT2D eigenvalue weighted by Gasteiger charge is 2.32. The number of benzene rings is 3. The van der Waals surface area contributed by atoms with Gasteiger partial charge in [0.25, 0.3) is 0 Å². The first kappa shape index (κ1) is 22.0. The van der Waals surface area contributed by atoms with Crippen molar-refractivity contribution in [3.05, 3.63) is 72.8 Å². The van der Waals surface area contributed by atoms with Crippen molar-refractivity contribution in [2.75, 3.05) is 36.3 Å². The van der Waals surface area contributed by atoms with Crippen LogP contribution in [-0.4, -0.2) is 38.7 Å². The summed E-state index contributed by atoms with van der Waals surface area (Å²) in [6, 6.07) is 21.9. The molecule has 1 aliphatic heterocycles. The largest absolute Gasteiger partial charge is 0.493 e. The van der Waals surface area contributed by atoms with E-state index in [9.17, 15) is 9.59 Å². The standard InChI is InChI=1S/C25H26N4O4/c1-32-22-13-12-21(15-23(22)33-2)29-16-20(14-24(29)30)28-25(31)27-19-10-8-18(9-11-19)26-17-6-4-3-5-7-17/h3-13,15,20,26H,14,16H2,1-2H3,(H2,27,28,31)/t20-/m1/s1. The van der Waals surface area contributed by atoms with Crippen LogP contribution in [0, 0.1) is 0 Å². The number of ether oxygens (including phenoxy) is 2. The summed E-state index contributed by atoms with van der Waals surface area (Å²) in [6.45, 7) is 0.377. The molecular weight excluding hydrogens is 420 g/mol. The predicted octanol–water partition coefficient (Wildman–Crippen LogP) is 4.37. The van der Waals surface area contributed by atoms with Crippen molar-refractivity contribution in [1.82, 2.24) is 5.32 Å². The molecule has 170 valence electrons. The van der Waals surface area contributed by atoms with Crippen LogP contribution in [0.1, 0.15) is 6.42 Å². The molecule has 3 N–H and O–H groups in total. The number of nitrogens with zero attached hydrogens (tertiary/aromatic N) is 1. The van der Waals surface area contributed by atoms with Crippen LogP contribution in [-0.2, 0) is 4.79 Å². The minimum Gasteiger partial charge on any atom is -0.493 e. The van der Waals surface area contributed by atoms with Crippen molar-refractivity contribution in [2.24, 2.45) is 0 Å². The van der Waals surface area contributed by atoms with Crippen LogP contribution in [0.3, 0.4) is 0 Å². The van der Waals surface area contributed by atoms with Crippen LogP contribution in [0.15, 0.2) is 72.8 Å². The summed E-state index contributed by atoms with van der Waals surface area (Å²) in [5.41, 5.74) is 3.26. The normalized spacial score (nSPS) is 15.2. The minimum atomic E-state index is -0.356. The lowest BCUT2D eigenvalue weighted by atomic mass is 10.2. The number of urea groups is 1. The second-order valence-corrected chi connectivity index (χ2v) is 7.61. The van der Waals surface area contributed by atoms with E-state index in [-0.39, 0.29) is 24.4 Å². The molecule has 0 radical (unpaired) electrons. The van der Waals surface area contributed by atoms with Gasteiger partial charge in [0.05, 0.1) is 20.3 Å². The minimum absolute atomic E-state index is 0.0659. The van der Waals surface area contributed by atoms with Gasteiger partial charge in [0, 0.05) is 41.8 Å². The molecule has 1 atom stereocenters. The van der Waals surface area contributed by atoms with Gasteiger partial charge < -0.3 is 30.3 Å². The monoisotopic (exact) mass is 446 g/mol. The maximum Gasteiger partial charge on any atom is 0.319 e. The Kier molecular flexibility index (Phi) is 6.64. The molecule has 0 spiro atoms. The number of para-hydroxylation sites is 1. The van der Waals surface area contributed by atoms with E-state index < -0.39 is 0 Å². The zero-order valence-corrected chi connectivity index (χ0v) is 18.5. The third-order valence-corrected chi connectivity index (χ3v) is 5.34. The van der Waals surface area contributed by atoms with E-state index in [0.29, 0.717) is 29.4 Å². The molecule has 1 saturated heterocycles. The maximum absolute atomic E-state index is 12.5. The molecule has 1 aliphatic rings. The Labute approximate surface area is 192 Å². The summed E-state index contributed by atoms with van der Waals surface area (Å²) in [4.78, 5) is 26.7. The second-order valence-electron chi connectivity index (χ2n) is 7.61. The van der Waals surface area contributed by atoms with Gasteiger partial charge in [-0.1, -0.05) is 18.2 Å². The third-order valence-electron chi connectivity index (χ3n) is 5.34. The lowest BCUT2D eigenvalue weighted by molar-refractivity contribution is -0.117. The van der Waals surface area contributed by atoms with E-state index in [2.05, 4.69) is 16.0 Å². The Bertz CT molecular complexity index is 1120. The van der Waals surface area contributed by atoms with Crippen molar-refractivity contribution < 1.29 is 19.1 Å². The number of rotatable bonds is 7. The smallest absolute Gasteiger partial charge is 0.319 e. The molecule has 4 rings (SSSR count). The molecule has 0 aromatic heterocycles. The Morgan fingerprint density at radius 3 is 2.24 bits per heavy atom. The number of anilines is 4. The van der Waals surface area contributed by atoms with Gasteiger partial charge in [-0.15, -0.1) is 0 Å². The summed E-state index contributed by atoms with van der Waals surface area (Å²) in [5.74, 6) is 1.07. The van der Waals surface area contributed by atoms with Crippen LogP contribution in [0.2, 0.25) is 0 Å². The van der Waals surface area contributed by atoms with Crippen molar-refractivity contribution in [2.45, 2.75) is 12.5 Å². The van der Waals surface area contributed by atoms with Crippen molar-refractivity contribution in [3.63, 3.8) is 0 Å². The summed E-state index contributed by atoms with van der Waals surface area (Å²) in [6.07, 6.45) is 0.224. The Balaban J connectivity index is 1.32. The van der Waals surface area contributed by atoms with E-state index in [0.717, 1.165) is 11.4 Å². The van der Waals surface area contributed by atoms with E-state index >= 15 is 0 Å². The molecule has 3 amide bonds. The Hall–Kier alpha value is -4.20. The third kappa shape index (κ3) is 5.35. The van der Waals surface area contributed by atoms with Crippen LogP contribution < -0.4 is 30.3 Å². The first-order chi connectivity index (χ1) is 16.1. The molecule has 1 heterocycles. The number of methoxy groups -OCH3 is 2. The zero-order valence-electron chi connectivity index (χ0n) is 18.5. The molecule has 33 heavy (non-hydrogen) atoms. The summed E-state index contributed by atoms with van der Waals surface area (Å²) in [7, 11) is 3.11. The van der Waals surface area contributed by atoms with Crippen molar-refractivity contribution in [3.8, 4) is 11.5 Å². The van der Waals surface area contributed by atoms with E-state index in [4.69, 9.17) is 9.47 Å². The lowest BCUT2D eigenvalue weighted by Crippen LogP contribution is -2.39. The second kappa shape index (κ2) is 9.95. The molecule has 0 bridgehead atoms. The van der Waals surface area contributed by atoms with Gasteiger partial charge in [-0.3, -0.25) is 4.79 Å². The highest BCUT2D eigenvalue weighted by atomic mass is 16.5. The number of amides is 3. The zero-order chi connectivity index (χ0) is 23.2. The molecule has 8 heteroatoms. The Morgan fingerprint density at radius 1 is 0.879 bits per heavy atom. The van der Waals surface area contributed by atoms with E-state index in [1.54, 1.807) is 37.3 Å². The molecule has 3 aromatic rings. The van der Waals surface area contributed by atoms with Gasteiger partial charge in [-0.05, 0) is 48.5 Å². The van der Waals surface area contributed by atoms with Crippen molar-refractivity contribution in [1.29, 1.82) is 0 Å². The van der Waals surface area contributed by atoms with E-state index in [1.165, 1.54) is 0 Å². The summed E-state index contributed by atoms with van der Waals surface area (Å²) >= 11 is 0. The number of hydrogen-bond acceptors (Lipinski definition) is 5. The number of hydrogen-bond donors (Lipinski definition) is 3.